The summed E-state index contributed by atoms with van der Waals surface area (Å²) < 4.78 is 46.7. The molecule has 0 aromatic carbocycles. The molecule has 0 fully saturated rings. The summed E-state index contributed by atoms with van der Waals surface area (Å²) in [5.74, 6) is -0.390. The Morgan fingerprint density at radius 3 is 2.83 bits per heavy atom. The predicted molar refractivity (Wildman–Crippen MR) is 101 cm³/mol. The fourth-order valence-corrected chi connectivity index (χ4v) is 2.62. The van der Waals surface area contributed by atoms with Crippen LogP contribution >= 0.6 is 0 Å². The summed E-state index contributed by atoms with van der Waals surface area (Å²) in [6.07, 6.45) is -0.400. The molecule has 3 aromatic heterocycles. The van der Waals surface area contributed by atoms with Gasteiger partial charge in [0.05, 0.1) is 13.7 Å². The Labute approximate surface area is 169 Å². The first-order chi connectivity index (χ1) is 14.2. The second-order valence-electron chi connectivity index (χ2n) is 6.20. The van der Waals surface area contributed by atoms with Crippen LogP contribution in [0.4, 0.5) is 19.0 Å². The molecule has 3 rings (SSSR count). The zero-order valence-corrected chi connectivity index (χ0v) is 16.1. The summed E-state index contributed by atoms with van der Waals surface area (Å²) in [5, 5.41) is 14.0. The number of pyridine rings is 1. The Balaban J connectivity index is 1.87. The first kappa shape index (κ1) is 21.0. The maximum atomic E-state index is 13.1. The van der Waals surface area contributed by atoms with Gasteiger partial charge in [-0.3, -0.25) is 9.48 Å². The number of aromatic nitrogens is 6. The summed E-state index contributed by atoms with van der Waals surface area (Å²) in [7, 11) is 1.38. The Kier molecular flexibility index (Phi) is 5.85. The van der Waals surface area contributed by atoms with Crippen LogP contribution in [0.1, 0.15) is 23.3 Å². The molecule has 0 aliphatic heterocycles. The van der Waals surface area contributed by atoms with Crippen molar-refractivity contribution in [3.63, 3.8) is 0 Å². The maximum absolute atomic E-state index is 13.1. The van der Waals surface area contributed by atoms with Crippen molar-refractivity contribution >= 4 is 11.7 Å². The zero-order valence-electron chi connectivity index (χ0n) is 16.1. The molecule has 3 heterocycles. The number of ether oxygens (including phenoxy) is 1. The van der Waals surface area contributed by atoms with E-state index in [4.69, 9.17) is 4.74 Å². The van der Waals surface area contributed by atoms with Crippen molar-refractivity contribution in [1.29, 1.82) is 0 Å². The molecular weight excluding hydrogens is 403 g/mol. The number of carbonyl (C=O) groups excluding carboxylic acids is 1. The van der Waals surface area contributed by atoms with E-state index in [-0.39, 0.29) is 28.8 Å². The Morgan fingerprint density at radius 2 is 2.17 bits per heavy atom. The molecule has 158 valence electrons. The van der Waals surface area contributed by atoms with E-state index in [0.717, 1.165) is 17.8 Å². The molecule has 1 atom stereocenters. The number of hydrogen-bond acceptors (Lipinski definition) is 6. The van der Waals surface area contributed by atoms with Crippen LogP contribution < -0.4 is 10.1 Å². The van der Waals surface area contributed by atoms with Gasteiger partial charge in [-0.15, -0.1) is 21.9 Å². The third-order valence-corrected chi connectivity index (χ3v) is 4.17. The summed E-state index contributed by atoms with van der Waals surface area (Å²) >= 11 is 0. The Bertz CT molecular complexity index is 1060. The van der Waals surface area contributed by atoms with E-state index >= 15 is 0 Å². The number of halogens is 3. The van der Waals surface area contributed by atoms with Crippen LogP contribution in [-0.2, 0) is 6.54 Å². The maximum Gasteiger partial charge on any atom is 0.408 e. The van der Waals surface area contributed by atoms with Gasteiger partial charge in [-0.05, 0) is 19.1 Å². The van der Waals surface area contributed by atoms with Gasteiger partial charge in [0.15, 0.2) is 5.82 Å². The minimum atomic E-state index is -4.48. The van der Waals surface area contributed by atoms with Gasteiger partial charge >= 0.3 is 6.18 Å². The number of carbonyl (C=O) groups is 1. The van der Waals surface area contributed by atoms with E-state index < -0.39 is 18.1 Å². The van der Waals surface area contributed by atoms with Gasteiger partial charge in [0.1, 0.15) is 29.4 Å². The molecule has 3 aromatic rings. The van der Waals surface area contributed by atoms with Crippen molar-refractivity contribution in [2.75, 3.05) is 12.4 Å². The fourth-order valence-electron chi connectivity index (χ4n) is 2.62. The summed E-state index contributed by atoms with van der Waals surface area (Å²) in [6, 6.07) is 2.66. The number of rotatable bonds is 7. The van der Waals surface area contributed by atoms with Crippen molar-refractivity contribution < 1.29 is 22.7 Å². The molecule has 0 saturated heterocycles. The minimum absolute atomic E-state index is 0.0766. The Morgan fingerprint density at radius 1 is 1.40 bits per heavy atom. The number of nitrogens with one attached hydrogen (secondary N) is 1. The highest BCUT2D eigenvalue weighted by atomic mass is 19.4. The van der Waals surface area contributed by atoms with Crippen LogP contribution in [0.5, 0.6) is 5.88 Å². The molecule has 0 aliphatic rings. The SMILES string of the molecule is C=CCn1cc(C(=O)Nc2cccc(-c3nncn3C(C)C(F)(F)F)n2)c(OC)n1. The Hall–Kier alpha value is -3.70. The summed E-state index contributed by atoms with van der Waals surface area (Å²) in [6.45, 7) is 4.98. The van der Waals surface area contributed by atoms with Gasteiger partial charge in [-0.25, -0.2) is 4.98 Å². The van der Waals surface area contributed by atoms with E-state index in [9.17, 15) is 18.0 Å². The molecule has 0 radical (unpaired) electrons. The van der Waals surface area contributed by atoms with E-state index in [2.05, 4.69) is 32.2 Å². The van der Waals surface area contributed by atoms with Crippen LogP contribution in [0.2, 0.25) is 0 Å². The highest BCUT2D eigenvalue weighted by molar-refractivity contribution is 6.05. The third-order valence-electron chi connectivity index (χ3n) is 4.17. The summed E-state index contributed by atoms with van der Waals surface area (Å²) in [4.78, 5) is 16.8. The van der Waals surface area contributed by atoms with Crippen molar-refractivity contribution in [1.82, 2.24) is 29.5 Å². The lowest BCUT2D eigenvalue weighted by Crippen LogP contribution is -2.24. The van der Waals surface area contributed by atoms with Crippen molar-refractivity contribution in [3.05, 3.63) is 48.9 Å². The third kappa shape index (κ3) is 4.31. The molecule has 1 unspecified atom stereocenters. The number of allylic oxidation sites excluding steroid dienone is 1. The topological polar surface area (TPSA) is 99.8 Å². The van der Waals surface area contributed by atoms with Gasteiger partial charge in [0.2, 0.25) is 5.88 Å². The van der Waals surface area contributed by atoms with Crippen molar-refractivity contribution in [3.8, 4) is 17.4 Å². The quantitative estimate of drug-likeness (QED) is 0.589. The van der Waals surface area contributed by atoms with Crippen LogP contribution in [-0.4, -0.2) is 48.7 Å². The average molecular weight is 421 g/mol. The van der Waals surface area contributed by atoms with Crippen LogP contribution in [0.15, 0.2) is 43.4 Å². The van der Waals surface area contributed by atoms with Crippen molar-refractivity contribution in [2.45, 2.75) is 25.7 Å². The normalized spacial score (nSPS) is 12.4. The monoisotopic (exact) mass is 421 g/mol. The number of amides is 1. The number of alkyl halides is 3. The lowest BCUT2D eigenvalue weighted by molar-refractivity contribution is -0.162. The lowest BCUT2D eigenvalue weighted by atomic mass is 10.2. The molecule has 12 heteroatoms. The van der Waals surface area contributed by atoms with Crippen molar-refractivity contribution in [2.24, 2.45) is 0 Å². The van der Waals surface area contributed by atoms with Gasteiger partial charge in [-0.1, -0.05) is 12.1 Å². The van der Waals surface area contributed by atoms with Gasteiger partial charge in [0, 0.05) is 6.20 Å². The van der Waals surface area contributed by atoms with Crippen LogP contribution in [0.25, 0.3) is 11.5 Å². The number of nitrogens with zero attached hydrogens (tertiary/aromatic N) is 6. The van der Waals surface area contributed by atoms with Gasteiger partial charge in [0.25, 0.3) is 5.91 Å². The smallest absolute Gasteiger partial charge is 0.408 e. The van der Waals surface area contributed by atoms with E-state index in [1.54, 1.807) is 6.08 Å². The van der Waals surface area contributed by atoms with Crippen LogP contribution in [0.3, 0.4) is 0 Å². The zero-order chi connectivity index (χ0) is 21.9. The number of hydrogen-bond donors (Lipinski definition) is 1. The standard InChI is InChI=1S/C18H18F3N7O2/c1-4-8-27-9-12(17(26-27)30-3)16(29)24-14-7-5-6-13(23-14)15-25-22-10-28(15)11(2)18(19,20)21/h4-7,9-11H,1,8H2,2-3H3,(H,23,24,29). The second-order valence-corrected chi connectivity index (χ2v) is 6.20. The molecule has 0 spiro atoms. The molecule has 0 bridgehead atoms. The molecule has 0 saturated carbocycles. The molecule has 0 aliphatic carbocycles. The highest BCUT2D eigenvalue weighted by Gasteiger charge is 2.38. The summed E-state index contributed by atoms with van der Waals surface area (Å²) in [5.41, 5.74) is 0.288. The predicted octanol–water partition coefficient (Wildman–Crippen LogP) is 3.11. The average Bonchev–Trinajstić information content (AvgIpc) is 3.34. The minimum Gasteiger partial charge on any atom is -0.479 e. The second kappa shape index (κ2) is 8.35. The molecule has 30 heavy (non-hydrogen) atoms. The fraction of sp³-hybridized carbons (Fsp3) is 0.278. The van der Waals surface area contributed by atoms with E-state index in [1.165, 1.54) is 36.2 Å². The molecular formula is C18H18F3N7O2. The molecule has 1 amide bonds. The lowest BCUT2D eigenvalue weighted by Gasteiger charge is -2.18. The van der Waals surface area contributed by atoms with Crippen LogP contribution in [0, 0.1) is 0 Å². The highest BCUT2D eigenvalue weighted by Crippen LogP contribution is 2.32. The van der Waals surface area contributed by atoms with E-state index in [0.29, 0.717) is 6.54 Å². The van der Waals surface area contributed by atoms with Gasteiger partial charge < -0.3 is 14.6 Å². The largest absolute Gasteiger partial charge is 0.479 e. The van der Waals surface area contributed by atoms with Gasteiger partial charge in [-0.2, -0.15) is 13.2 Å². The number of anilines is 1. The first-order valence-electron chi connectivity index (χ1n) is 8.72. The number of methoxy groups -OCH3 is 1. The first-order valence-corrected chi connectivity index (χ1v) is 8.72. The van der Waals surface area contributed by atoms with E-state index in [1.807, 2.05) is 0 Å². The molecule has 1 N–H and O–H groups in total. The molecule has 9 nitrogen and oxygen atoms in total.